The fourth-order valence-electron chi connectivity index (χ4n) is 2.23. The Kier molecular flexibility index (Phi) is 4.92. The summed E-state index contributed by atoms with van der Waals surface area (Å²) < 4.78 is 0. The Morgan fingerprint density at radius 1 is 1.24 bits per heavy atom. The number of nitrogens with zero attached hydrogens (tertiary/aromatic N) is 1. The first kappa shape index (κ1) is 15.0. The van der Waals surface area contributed by atoms with E-state index in [9.17, 15) is 14.4 Å². The highest BCUT2D eigenvalue weighted by molar-refractivity contribution is 5.90. The monoisotopic (exact) mass is 289 g/mol. The maximum Gasteiger partial charge on any atom is 0.243 e. The van der Waals surface area contributed by atoms with Crippen LogP contribution in [0.5, 0.6) is 0 Å². The quantitative estimate of drug-likeness (QED) is 0.796. The van der Waals surface area contributed by atoms with E-state index >= 15 is 0 Å². The molecule has 1 aromatic rings. The predicted molar refractivity (Wildman–Crippen MR) is 76.5 cm³/mol. The zero-order valence-corrected chi connectivity index (χ0v) is 12.0. The molecule has 21 heavy (non-hydrogen) atoms. The average molecular weight is 289 g/mol. The molecule has 1 aliphatic heterocycles. The van der Waals surface area contributed by atoms with Crippen LogP contribution >= 0.6 is 0 Å². The third-order valence-electron chi connectivity index (χ3n) is 3.45. The molecule has 0 spiro atoms. The number of amides is 3. The van der Waals surface area contributed by atoms with Gasteiger partial charge in [0.05, 0.1) is 5.92 Å². The molecule has 1 fully saturated rings. The second kappa shape index (κ2) is 6.88. The van der Waals surface area contributed by atoms with E-state index in [4.69, 9.17) is 0 Å². The number of carbonyl (C=O) groups is 3. The highest BCUT2D eigenvalue weighted by atomic mass is 16.2. The van der Waals surface area contributed by atoms with Crippen molar-refractivity contribution < 1.29 is 14.4 Å². The van der Waals surface area contributed by atoms with Crippen LogP contribution in [0.25, 0.3) is 0 Å². The van der Waals surface area contributed by atoms with Gasteiger partial charge in [0.2, 0.25) is 17.7 Å². The molecule has 2 N–H and O–H groups in total. The number of benzene rings is 1. The van der Waals surface area contributed by atoms with Gasteiger partial charge in [0, 0.05) is 25.9 Å². The minimum atomic E-state index is -0.418. The molecule has 0 radical (unpaired) electrons. The summed E-state index contributed by atoms with van der Waals surface area (Å²) in [4.78, 5) is 36.6. The van der Waals surface area contributed by atoms with Crippen molar-refractivity contribution in [2.45, 2.75) is 26.3 Å². The van der Waals surface area contributed by atoms with Gasteiger partial charge in [-0.1, -0.05) is 37.3 Å². The summed E-state index contributed by atoms with van der Waals surface area (Å²) in [5.41, 5.74) is 5.72. The van der Waals surface area contributed by atoms with E-state index in [-0.39, 0.29) is 24.1 Å². The van der Waals surface area contributed by atoms with Crippen LogP contribution < -0.4 is 10.9 Å². The van der Waals surface area contributed by atoms with Gasteiger partial charge in [-0.15, -0.1) is 0 Å². The summed E-state index contributed by atoms with van der Waals surface area (Å²) in [7, 11) is 0. The van der Waals surface area contributed by atoms with E-state index < -0.39 is 5.92 Å². The average Bonchev–Trinajstić information content (AvgIpc) is 2.86. The van der Waals surface area contributed by atoms with Crippen molar-refractivity contribution in [3.63, 3.8) is 0 Å². The number of nitrogens with one attached hydrogen (secondary N) is 2. The van der Waals surface area contributed by atoms with Gasteiger partial charge in [-0.2, -0.15) is 0 Å². The minimum Gasteiger partial charge on any atom is -0.338 e. The van der Waals surface area contributed by atoms with Crippen LogP contribution in [0.15, 0.2) is 30.3 Å². The lowest BCUT2D eigenvalue weighted by atomic mass is 10.1. The Bertz CT molecular complexity index is 530. The molecule has 2 rings (SSSR count). The molecular formula is C15H19N3O3. The zero-order chi connectivity index (χ0) is 15.2. The number of hydrogen-bond acceptors (Lipinski definition) is 3. The molecule has 1 atom stereocenters. The Labute approximate surface area is 123 Å². The summed E-state index contributed by atoms with van der Waals surface area (Å²) in [6.07, 6.45) is 0.477. The topological polar surface area (TPSA) is 78.5 Å². The van der Waals surface area contributed by atoms with Crippen LogP contribution in [0.1, 0.15) is 25.3 Å². The van der Waals surface area contributed by atoms with E-state index in [2.05, 4.69) is 10.9 Å². The second-order valence-electron chi connectivity index (χ2n) is 5.05. The van der Waals surface area contributed by atoms with Crippen molar-refractivity contribution in [3.8, 4) is 0 Å². The number of carbonyl (C=O) groups excluding carboxylic acids is 3. The van der Waals surface area contributed by atoms with Crippen LogP contribution in [0.3, 0.4) is 0 Å². The van der Waals surface area contributed by atoms with Gasteiger partial charge in [0.15, 0.2) is 0 Å². The summed E-state index contributed by atoms with van der Waals surface area (Å²) >= 11 is 0. The third-order valence-corrected chi connectivity index (χ3v) is 3.45. The predicted octanol–water partition coefficient (Wildman–Crippen LogP) is 0.593. The maximum atomic E-state index is 11.9. The summed E-state index contributed by atoms with van der Waals surface area (Å²) in [6.45, 7) is 2.58. The minimum absolute atomic E-state index is 0.0409. The Hall–Kier alpha value is -2.37. The van der Waals surface area contributed by atoms with Crippen molar-refractivity contribution in [1.82, 2.24) is 15.8 Å². The van der Waals surface area contributed by atoms with Crippen molar-refractivity contribution in [2.75, 3.05) is 6.54 Å². The first-order chi connectivity index (χ1) is 10.1. The van der Waals surface area contributed by atoms with Gasteiger partial charge >= 0.3 is 0 Å². The van der Waals surface area contributed by atoms with Crippen LogP contribution in [0.4, 0.5) is 0 Å². The standard InChI is InChI=1S/C15H19N3O3/c1-2-13(19)16-17-15(21)12-8-14(20)18(10-12)9-11-6-4-3-5-7-11/h3-7,12H,2,8-10H2,1H3,(H,16,19)(H,17,21)/t12-/m1/s1. The van der Waals surface area contributed by atoms with Gasteiger partial charge < -0.3 is 4.90 Å². The molecule has 0 bridgehead atoms. The summed E-state index contributed by atoms with van der Waals surface area (Å²) in [5, 5.41) is 0. The summed E-state index contributed by atoms with van der Waals surface area (Å²) in [6, 6.07) is 9.65. The normalized spacial score (nSPS) is 17.7. The SMILES string of the molecule is CCC(=O)NNC(=O)[C@@H]1CC(=O)N(Cc2ccccc2)C1. The Morgan fingerprint density at radius 3 is 2.62 bits per heavy atom. The lowest BCUT2D eigenvalue weighted by molar-refractivity contribution is -0.131. The molecule has 0 unspecified atom stereocenters. The highest BCUT2D eigenvalue weighted by Gasteiger charge is 2.34. The number of hydrogen-bond donors (Lipinski definition) is 2. The molecule has 3 amide bonds. The molecule has 6 heteroatoms. The van der Waals surface area contributed by atoms with Crippen molar-refractivity contribution in [1.29, 1.82) is 0 Å². The van der Waals surface area contributed by atoms with Crippen molar-refractivity contribution in [2.24, 2.45) is 5.92 Å². The Balaban J connectivity index is 1.87. The van der Waals surface area contributed by atoms with Crippen molar-refractivity contribution in [3.05, 3.63) is 35.9 Å². The number of hydrazine groups is 1. The maximum absolute atomic E-state index is 11.9. The highest BCUT2D eigenvalue weighted by Crippen LogP contribution is 2.20. The van der Waals surface area contributed by atoms with Crippen LogP contribution in [-0.4, -0.2) is 29.2 Å². The molecule has 1 saturated heterocycles. The van der Waals surface area contributed by atoms with Gasteiger partial charge in [-0.25, -0.2) is 0 Å². The van der Waals surface area contributed by atoms with E-state index in [1.165, 1.54) is 0 Å². The molecule has 1 heterocycles. The number of rotatable bonds is 4. The van der Waals surface area contributed by atoms with Crippen LogP contribution in [0, 0.1) is 5.92 Å². The van der Waals surface area contributed by atoms with E-state index in [1.807, 2.05) is 30.3 Å². The van der Waals surface area contributed by atoms with Gasteiger partial charge in [-0.3, -0.25) is 25.2 Å². The molecule has 0 saturated carbocycles. The van der Waals surface area contributed by atoms with Crippen LogP contribution in [-0.2, 0) is 20.9 Å². The molecule has 1 aliphatic rings. The van der Waals surface area contributed by atoms with Gasteiger partial charge in [0.1, 0.15) is 0 Å². The first-order valence-electron chi connectivity index (χ1n) is 7.00. The molecule has 6 nitrogen and oxygen atoms in total. The molecule has 0 aliphatic carbocycles. The smallest absolute Gasteiger partial charge is 0.243 e. The van der Waals surface area contributed by atoms with E-state index in [0.29, 0.717) is 19.5 Å². The number of likely N-dealkylation sites (tertiary alicyclic amines) is 1. The fourth-order valence-corrected chi connectivity index (χ4v) is 2.23. The second-order valence-corrected chi connectivity index (χ2v) is 5.05. The molecular weight excluding hydrogens is 270 g/mol. The van der Waals surface area contributed by atoms with Crippen molar-refractivity contribution >= 4 is 17.7 Å². The van der Waals surface area contributed by atoms with E-state index in [0.717, 1.165) is 5.56 Å². The zero-order valence-electron chi connectivity index (χ0n) is 12.0. The molecule has 0 aromatic heterocycles. The fraction of sp³-hybridized carbons (Fsp3) is 0.400. The Morgan fingerprint density at radius 2 is 1.95 bits per heavy atom. The van der Waals surface area contributed by atoms with E-state index in [1.54, 1.807) is 11.8 Å². The molecule has 112 valence electrons. The lowest BCUT2D eigenvalue weighted by Crippen LogP contribution is -2.44. The van der Waals surface area contributed by atoms with Crippen LogP contribution in [0.2, 0.25) is 0 Å². The largest absolute Gasteiger partial charge is 0.338 e. The van der Waals surface area contributed by atoms with Gasteiger partial charge in [0.25, 0.3) is 0 Å². The first-order valence-corrected chi connectivity index (χ1v) is 7.00. The lowest BCUT2D eigenvalue weighted by Gasteiger charge is -2.16. The molecule has 1 aromatic carbocycles. The van der Waals surface area contributed by atoms with Gasteiger partial charge in [-0.05, 0) is 5.56 Å². The summed E-state index contributed by atoms with van der Waals surface area (Å²) in [5.74, 6) is -1.03. The third kappa shape index (κ3) is 4.05.